The zero-order valence-electron chi connectivity index (χ0n) is 15.2. The lowest BCUT2D eigenvalue weighted by molar-refractivity contribution is -0.150. The molecule has 1 aromatic carbocycles. The van der Waals surface area contributed by atoms with Crippen molar-refractivity contribution in [2.45, 2.75) is 25.3 Å². The van der Waals surface area contributed by atoms with Gasteiger partial charge in [-0.25, -0.2) is 0 Å². The van der Waals surface area contributed by atoms with Crippen LogP contribution in [0, 0.1) is 23.7 Å². The summed E-state index contributed by atoms with van der Waals surface area (Å²) in [6, 6.07) is 8.82. The Balaban J connectivity index is 1.68. The van der Waals surface area contributed by atoms with Gasteiger partial charge in [0.05, 0.1) is 11.8 Å². The van der Waals surface area contributed by atoms with Crippen molar-refractivity contribution in [1.82, 2.24) is 9.80 Å². The Hall–Kier alpha value is -2.43. The molecule has 3 amide bonds. The third kappa shape index (κ3) is 2.57. The van der Waals surface area contributed by atoms with Crippen molar-refractivity contribution in [2.24, 2.45) is 23.7 Å². The lowest BCUT2D eigenvalue weighted by atomic mass is 9.63. The van der Waals surface area contributed by atoms with E-state index in [0.29, 0.717) is 6.42 Å². The summed E-state index contributed by atoms with van der Waals surface area (Å²) < 4.78 is 0. The molecule has 3 aliphatic carbocycles. The fourth-order valence-corrected chi connectivity index (χ4v) is 4.83. The van der Waals surface area contributed by atoms with E-state index in [1.165, 1.54) is 9.80 Å². The predicted molar refractivity (Wildman–Crippen MR) is 96.8 cm³/mol. The Kier molecular flexibility index (Phi) is 4.17. The van der Waals surface area contributed by atoms with E-state index in [1.54, 1.807) is 14.1 Å². The van der Waals surface area contributed by atoms with E-state index in [1.807, 2.05) is 30.3 Å². The minimum Gasteiger partial charge on any atom is -0.347 e. The Morgan fingerprint density at radius 3 is 2.04 bits per heavy atom. The van der Waals surface area contributed by atoms with Gasteiger partial charge in [0.1, 0.15) is 6.04 Å². The van der Waals surface area contributed by atoms with Crippen molar-refractivity contribution >= 4 is 17.7 Å². The van der Waals surface area contributed by atoms with Crippen molar-refractivity contribution in [3.8, 4) is 0 Å². The average molecular weight is 352 g/mol. The molecular formula is C21H24N2O3. The molecule has 5 heteroatoms. The normalized spacial score (nSPS) is 30.5. The average Bonchev–Trinajstić information content (AvgIpc) is 2.94. The third-order valence-electron chi connectivity index (χ3n) is 6.10. The van der Waals surface area contributed by atoms with Crippen LogP contribution in [0.4, 0.5) is 0 Å². The number of hydrogen-bond donors (Lipinski definition) is 0. The molecular weight excluding hydrogens is 328 g/mol. The van der Waals surface area contributed by atoms with Gasteiger partial charge in [-0.2, -0.15) is 0 Å². The molecule has 5 atom stereocenters. The third-order valence-corrected chi connectivity index (χ3v) is 6.10. The maximum Gasteiger partial charge on any atom is 0.245 e. The number of nitrogens with zero attached hydrogens (tertiary/aromatic N) is 2. The number of hydrogen-bond acceptors (Lipinski definition) is 3. The van der Waals surface area contributed by atoms with Gasteiger partial charge >= 0.3 is 0 Å². The Bertz CT molecular complexity index is 739. The zero-order valence-corrected chi connectivity index (χ0v) is 15.2. The van der Waals surface area contributed by atoms with Crippen LogP contribution in [0.25, 0.3) is 0 Å². The molecule has 5 rings (SSSR count). The minimum absolute atomic E-state index is 0.137. The van der Waals surface area contributed by atoms with Gasteiger partial charge in [0.15, 0.2) is 0 Å². The van der Waals surface area contributed by atoms with Crippen LogP contribution in [0.1, 0.15) is 18.4 Å². The van der Waals surface area contributed by atoms with Gasteiger partial charge in [-0.3, -0.25) is 19.3 Å². The Morgan fingerprint density at radius 2 is 1.58 bits per heavy atom. The topological polar surface area (TPSA) is 57.7 Å². The summed E-state index contributed by atoms with van der Waals surface area (Å²) in [6.45, 7) is 0. The minimum atomic E-state index is -0.766. The van der Waals surface area contributed by atoms with Crippen molar-refractivity contribution in [1.29, 1.82) is 0 Å². The number of amides is 3. The first-order chi connectivity index (χ1) is 12.5. The monoisotopic (exact) mass is 352 g/mol. The first-order valence-corrected chi connectivity index (χ1v) is 9.29. The molecule has 2 bridgehead atoms. The summed E-state index contributed by atoms with van der Waals surface area (Å²) in [7, 11) is 3.34. The lowest BCUT2D eigenvalue weighted by Crippen LogP contribution is -2.51. The fourth-order valence-electron chi connectivity index (χ4n) is 4.83. The number of likely N-dealkylation sites (tertiary alicyclic amines) is 1. The number of fused-ring (bicyclic) bond motifs is 1. The maximum atomic E-state index is 13.2. The Labute approximate surface area is 153 Å². The first-order valence-electron chi connectivity index (χ1n) is 9.29. The second-order valence-electron chi connectivity index (χ2n) is 7.83. The standard InChI is InChI=1S/C21H24N2O3/c1-22(2)19(24)16(12-13-6-4-3-5-7-13)23-20(25)17-14-8-9-15(11-10-14)18(17)21(23)26/h3-9,14-18H,10-12H2,1-2H3/t14-,15-,16-,17+,18+/m0/s1. The predicted octanol–water partition coefficient (Wildman–Crippen LogP) is 1.88. The number of carbonyl (C=O) groups excluding carboxylic acids is 3. The van der Waals surface area contributed by atoms with Crippen LogP contribution >= 0.6 is 0 Å². The number of benzene rings is 1. The van der Waals surface area contributed by atoms with Gasteiger partial charge < -0.3 is 4.90 Å². The van der Waals surface area contributed by atoms with Gasteiger partial charge in [-0.1, -0.05) is 42.5 Å². The highest BCUT2D eigenvalue weighted by molar-refractivity contribution is 6.09. The largest absolute Gasteiger partial charge is 0.347 e. The van der Waals surface area contributed by atoms with E-state index in [4.69, 9.17) is 0 Å². The highest BCUT2D eigenvalue weighted by atomic mass is 16.2. The molecule has 1 heterocycles. The molecule has 0 aromatic heterocycles. The molecule has 1 aliphatic heterocycles. The van der Waals surface area contributed by atoms with Crippen LogP contribution in [0.3, 0.4) is 0 Å². The summed E-state index contributed by atoms with van der Waals surface area (Å²) >= 11 is 0. The highest BCUT2D eigenvalue weighted by Gasteiger charge is 2.58. The molecule has 136 valence electrons. The maximum absolute atomic E-state index is 13.2. The molecule has 1 saturated carbocycles. The molecule has 4 aliphatic rings. The quantitative estimate of drug-likeness (QED) is 0.614. The smallest absolute Gasteiger partial charge is 0.245 e. The summed E-state index contributed by atoms with van der Waals surface area (Å²) in [5, 5.41) is 0. The van der Waals surface area contributed by atoms with E-state index >= 15 is 0 Å². The van der Waals surface area contributed by atoms with Crippen molar-refractivity contribution in [2.75, 3.05) is 14.1 Å². The Morgan fingerprint density at radius 1 is 1.04 bits per heavy atom. The number of allylic oxidation sites excluding steroid dienone is 2. The number of imide groups is 1. The van der Waals surface area contributed by atoms with Crippen LogP contribution < -0.4 is 0 Å². The van der Waals surface area contributed by atoms with E-state index in [-0.39, 0.29) is 41.4 Å². The van der Waals surface area contributed by atoms with Crippen molar-refractivity contribution < 1.29 is 14.4 Å². The van der Waals surface area contributed by atoms with Gasteiger partial charge in [-0.15, -0.1) is 0 Å². The van der Waals surface area contributed by atoms with E-state index in [0.717, 1.165) is 18.4 Å². The zero-order chi connectivity index (χ0) is 18.4. The summed E-state index contributed by atoms with van der Waals surface area (Å²) in [5.74, 6) is -0.796. The summed E-state index contributed by atoms with van der Waals surface area (Å²) in [6.07, 6.45) is 6.48. The molecule has 26 heavy (non-hydrogen) atoms. The second-order valence-corrected chi connectivity index (χ2v) is 7.83. The van der Waals surface area contributed by atoms with Gasteiger partial charge in [0.25, 0.3) is 0 Å². The second kappa shape index (κ2) is 6.38. The SMILES string of the molecule is CN(C)C(=O)[C@H](Cc1ccccc1)N1C(=O)[C@H]2[C@H](C1=O)[C@H]1C=C[C@H]2CC1. The van der Waals surface area contributed by atoms with Gasteiger partial charge in [0, 0.05) is 20.5 Å². The molecule has 0 spiro atoms. The molecule has 0 radical (unpaired) electrons. The van der Waals surface area contributed by atoms with Crippen LogP contribution in [-0.2, 0) is 20.8 Å². The first kappa shape index (κ1) is 17.0. The van der Waals surface area contributed by atoms with Gasteiger partial charge in [-0.05, 0) is 30.2 Å². The van der Waals surface area contributed by atoms with E-state index in [2.05, 4.69) is 12.2 Å². The number of likely N-dealkylation sites (N-methyl/N-ethyl adjacent to an activating group) is 1. The molecule has 1 saturated heterocycles. The van der Waals surface area contributed by atoms with Crippen LogP contribution in [0.2, 0.25) is 0 Å². The van der Waals surface area contributed by atoms with Crippen LogP contribution in [-0.4, -0.2) is 47.7 Å². The van der Waals surface area contributed by atoms with Crippen LogP contribution in [0.5, 0.6) is 0 Å². The number of carbonyl (C=O) groups is 3. The van der Waals surface area contributed by atoms with E-state index < -0.39 is 6.04 Å². The summed E-state index contributed by atoms with van der Waals surface area (Å²) in [5.41, 5.74) is 0.948. The fraction of sp³-hybridized carbons (Fsp3) is 0.476. The van der Waals surface area contributed by atoms with E-state index in [9.17, 15) is 14.4 Å². The number of rotatable bonds is 4. The molecule has 2 fully saturated rings. The molecule has 5 nitrogen and oxygen atoms in total. The molecule has 1 aromatic rings. The lowest BCUT2D eigenvalue weighted by Gasteiger charge is -2.38. The molecule has 0 unspecified atom stereocenters. The highest BCUT2D eigenvalue weighted by Crippen LogP contribution is 2.50. The van der Waals surface area contributed by atoms with Crippen molar-refractivity contribution in [3.05, 3.63) is 48.0 Å². The van der Waals surface area contributed by atoms with Crippen LogP contribution in [0.15, 0.2) is 42.5 Å². The molecule has 0 N–H and O–H groups in total. The summed E-state index contributed by atoms with van der Waals surface area (Å²) in [4.78, 5) is 42.0. The van der Waals surface area contributed by atoms with Crippen molar-refractivity contribution in [3.63, 3.8) is 0 Å². The van der Waals surface area contributed by atoms with Gasteiger partial charge in [0.2, 0.25) is 17.7 Å².